The summed E-state index contributed by atoms with van der Waals surface area (Å²) in [5.41, 5.74) is 2.12. The Hall–Kier alpha value is -1.30. The average molecular weight is 296 g/mol. The van der Waals surface area contributed by atoms with Gasteiger partial charge in [-0.1, -0.05) is 12.1 Å². The van der Waals surface area contributed by atoms with Crippen molar-refractivity contribution in [3.8, 4) is 11.5 Å². The summed E-state index contributed by atoms with van der Waals surface area (Å²) < 4.78 is 28.0. The van der Waals surface area contributed by atoms with Gasteiger partial charge in [0.05, 0.1) is 39.6 Å². The Morgan fingerprint density at radius 1 is 0.571 bits per heavy atom. The second kappa shape index (κ2) is 8.87. The third kappa shape index (κ3) is 5.19. The fourth-order valence-corrected chi connectivity index (χ4v) is 2.07. The van der Waals surface area contributed by atoms with E-state index in [0.29, 0.717) is 52.9 Å². The smallest absolute Gasteiger partial charge is 0.164 e. The Balaban J connectivity index is 2.04. The molecule has 1 aromatic rings. The zero-order chi connectivity index (χ0) is 14.9. The Morgan fingerprint density at radius 3 is 1.29 bits per heavy atom. The Kier molecular flexibility index (Phi) is 6.79. The molecule has 0 aliphatic carbocycles. The minimum Gasteiger partial charge on any atom is -0.487 e. The van der Waals surface area contributed by atoms with E-state index in [1.807, 2.05) is 26.0 Å². The highest BCUT2D eigenvalue weighted by Crippen LogP contribution is 2.34. The van der Waals surface area contributed by atoms with Gasteiger partial charge >= 0.3 is 0 Å². The molecule has 0 N–H and O–H groups in total. The van der Waals surface area contributed by atoms with Gasteiger partial charge in [-0.3, -0.25) is 0 Å². The molecule has 5 heteroatoms. The standard InChI is InChI=1S/C16H24O5/c1-13-3-4-14(2)16-15(13)20-11-9-18-7-5-17-6-8-19-10-12-21-16/h3-4H,5-12H2,1-2H3. The molecular weight excluding hydrogens is 272 g/mol. The van der Waals surface area contributed by atoms with Gasteiger partial charge in [0.2, 0.25) is 0 Å². The van der Waals surface area contributed by atoms with Crippen LogP contribution in [0.3, 0.4) is 0 Å². The summed E-state index contributed by atoms with van der Waals surface area (Å²) >= 11 is 0. The van der Waals surface area contributed by atoms with Crippen LogP contribution in [0.4, 0.5) is 0 Å². The maximum absolute atomic E-state index is 5.84. The SMILES string of the molecule is Cc1ccc(C)c2c1OCCOCCOCCOCCO2. The van der Waals surface area contributed by atoms with E-state index in [2.05, 4.69) is 0 Å². The number of fused-ring (bicyclic) bond motifs is 1. The van der Waals surface area contributed by atoms with E-state index in [1.165, 1.54) is 0 Å². The Morgan fingerprint density at radius 2 is 0.905 bits per heavy atom. The maximum atomic E-state index is 5.84. The van der Waals surface area contributed by atoms with Gasteiger partial charge in [0.15, 0.2) is 11.5 Å². The largest absolute Gasteiger partial charge is 0.487 e. The van der Waals surface area contributed by atoms with Crippen molar-refractivity contribution in [2.75, 3.05) is 52.9 Å². The lowest BCUT2D eigenvalue weighted by Crippen LogP contribution is -2.13. The molecule has 1 aromatic carbocycles. The molecule has 1 heterocycles. The molecule has 5 nitrogen and oxygen atoms in total. The molecule has 1 aliphatic heterocycles. The number of benzene rings is 1. The van der Waals surface area contributed by atoms with Crippen LogP contribution in [0.15, 0.2) is 12.1 Å². The minimum atomic E-state index is 0.497. The molecule has 0 fully saturated rings. The summed E-state index contributed by atoms with van der Waals surface area (Å²) in [5.74, 6) is 1.59. The average Bonchev–Trinajstić information content (AvgIpc) is 2.49. The van der Waals surface area contributed by atoms with Crippen LogP contribution < -0.4 is 9.47 Å². The van der Waals surface area contributed by atoms with Gasteiger partial charge in [0.25, 0.3) is 0 Å². The van der Waals surface area contributed by atoms with Gasteiger partial charge in [-0.15, -0.1) is 0 Å². The molecule has 0 aromatic heterocycles. The maximum Gasteiger partial charge on any atom is 0.164 e. The van der Waals surface area contributed by atoms with E-state index >= 15 is 0 Å². The molecular formula is C16H24O5. The highest BCUT2D eigenvalue weighted by Gasteiger charge is 2.12. The second-order valence-corrected chi connectivity index (χ2v) is 4.89. The zero-order valence-electron chi connectivity index (χ0n) is 12.9. The number of hydrogen-bond acceptors (Lipinski definition) is 5. The van der Waals surface area contributed by atoms with Crippen LogP contribution in [0.1, 0.15) is 11.1 Å². The third-order valence-corrected chi connectivity index (χ3v) is 3.20. The van der Waals surface area contributed by atoms with Gasteiger partial charge in [0.1, 0.15) is 13.2 Å². The molecule has 2 rings (SSSR count). The topological polar surface area (TPSA) is 46.2 Å². The van der Waals surface area contributed by atoms with E-state index in [4.69, 9.17) is 23.7 Å². The van der Waals surface area contributed by atoms with Crippen LogP contribution in [0.25, 0.3) is 0 Å². The molecule has 21 heavy (non-hydrogen) atoms. The monoisotopic (exact) mass is 296 g/mol. The molecule has 0 atom stereocenters. The first kappa shape index (κ1) is 16.1. The van der Waals surface area contributed by atoms with Crippen molar-refractivity contribution in [2.45, 2.75) is 13.8 Å². The van der Waals surface area contributed by atoms with Gasteiger partial charge in [-0.05, 0) is 25.0 Å². The van der Waals surface area contributed by atoms with E-state index in [1.54, 1.807) is 0 Å². The summed E-state index contributed by atoms with van der Waals surface area (Å²) in [6, 6.07) is 4.08. The predicted molar refractivity (Wildman–Crippen MR) is 79.4 cm³/mol. The lowest BCUT2D eigenvalue weighted by atomic mass is 10.1. The lowest BCUT2D eigenvalue weighted by Gasteiger charge is -2.17. The summed E-state index contributed by atoms with van der Waals surface area (Å²) in [7, 11) is 0. The summed E-state index contributed by atoms with van der Waals surface area (Å²) in [4.78, 5) is 0. The van der Waals surface area contributed by atoms with Crippen molar-refractivity contribution in [2.24, 2.45) is 0 Å². The van der Waals surface area contributed by atoms with E-state index < -0.39 is 0 Å². The number of ether oxygens (including phenoxy) is 5. The molecule has 0 radical (unpaired) electrons. The van der Waals surface area contributed by atoms with Crippen molar-refractivity contribution >= 4 is 0 Å². The van der Waals surface area contributed by atoms with Crippen LogP contribution in [0, 0.1) is 13.8 Å². The number of aryl methyl sites for hydroxylation is 2. The Labute approximate surface area is 126 Å². The first-order valence-electron chi connectivity index (χ1n) is 7.38. The first-order chi connectivity index (χ1) is 10.3. The highest BCUT2D eigenvalue weighted by molar-refractivity contribution is 5.51. The van der Waals surface area contributed by atoms with Crippen LogP contribution in [0.2, 0.25) is 0 Å². The second-order valence-electron chi connectivity index (χ2n) is 4.89. The molecule has 0 unspecified atom stereocenters. The molecule has 0 bridgehead atoms. The van der Waals surface area contributed by atoms with Gasteiger partial charge in [-0.25, -0.2) is 0 Å². The molecule has 0 spiro atoms. The zero-order valence-corrected chi connectivity index (χ0v) is 12.9. The van der Waals surface area contributed by atoms with Crippen molar-refractivity contribution in [3.05, 3.63) is 23.3 Å². The van der Waals surface area contributed by atoms with Crippen LogP contribution in [0.5, 0.6) is 11.5 Å². The van der Waals surface area contributed by atoms with Crippen molar-refractivity contribution in [3.63, 3.8) is 0 Å². The van der Waals surface area contributed by atoms with Crippen molar-refractivity contribution in [1.29, 1.82) is 0 Å². The van der Waals surface area contributed by atoms with E-state index in [-0.39, 0.29) is 0 Å². The fourth-order valence-electron chi connectivity index (χ4n) is 2.07. The predicted octanol–water partition coefficient (Wildman–Crippen LogP) is 2.12. The van der Waals surface area contributed by atoms with Crippen molar-refractivity contribution in [1.82, 2.24) is 0 Å². The van der Waals surface area contributed by atoms with Gasteiger partial charge in [-0.2, -0.15) is 0 Å². The van der Waals surface area contributed by atoms with Crippen molar-refractivity contribution < 1.29 is 23.7 Å². The third-order valence-electron chi connectivity index (χ3n) is 3.20. The summed E-state index contributed by atoms with van der Waals surface area (Å²) in [6.07, 6.45) is 0. The summed E-state index contributed by atoms with van der Waals surface area (Å²) in [5, 5.41) is 0. The Bertz CT molecular complexity index is 394. The quantitative estimate of drug-likeness (QED) is 0.734. The number of hydrogen-bond donors (Lipinski definition) is 0. The molecule has 0 amide bonds. The van der Waals surface area contributed by atoms with Crippen LogP contribution in [-0.4, -0.2) is 52.9 Å². The first-order valence-corrected chi connectivity index (χ1v) is 7.38. The highest BCUT2D eigenvalue weighted by atomic mass is 16.6. The normalized spacial score (nSPS) is 18.6. The molecule has 0 saturated heterocycles. The minimum absolute atomic E-state index is 0.497. The lowest BCUT2D eigenvalue weighted by molar-refractivity contribution is 0.00705. The fraction of sp³-hybridized carbons (Fsp3) is 0.625. The number of rotatable bonds is 0. The van der Waals surface area contributed by atoms with Gasteiger partial charge in [0, 0.05) is 0 Å². The van der Waals surface area contributed by atoms with E-state index in [9.17, 15) is 0 Å². The molecule has 118 valence electrons. The summed E-state index contributed by atoms with van der Waals surface area (Å²) in [6.45, 7) is 8.39. The molecule has 1 aliphatic rings. The van der Waals surface area contributed by atoms with Crippen LogP contribution in [-0.2, 0) is 14.2 Å². The van der Waals surface area contributed by atoms with Crippen LogP contribution >= 0.6 is 0 Å². The van der Waals surface area contributed by atoms with Gasteiger partial charge < -0.3 is 23.7 Å². The van der Waals surface area contributed by atoms with E-state index in [0.717, 1.165) is 22.6 Å². The molecule has 0 saturated carbocycles.